The number of aryl methyl sites for hydroxylation is 1. The topological polar surface area (TPSA) is 68.5 Å². The Labute approximate surface area is 171 Å². The third-order valence-electron chi connectivity index (χ3n) is 4.84. The van der Waals surface area contributed by atoms with E-state index in [9.17, 15) is 14.0 Å². The van der Waals surface area contributed by atoms with Crippen molar-refractivity contribution >= 4 is 28.2 Å². The summed E-state index contributed by atoms with van der Waals surface area (Å²) in [6, 6.07) is 9.06. The number of benzene rings is 1. The molecule has 1 amide bonds. The fraction of sp³-hybridized carbons (Fsp3) is 0.273. The van der Waals surface area contributed by atoms with Crippen LogP contribution >= 0.6 is 11.3 Å². The Morgan fingerprint density at radius 3 is 2.66 bits per heavy atom. The number of thiophene rings is 1. The lowest BCUT2D eigenvalue weighted by atomic mass is 9.95. The molecule has 150 valence electrons. The van der Waals surface area contributed by atoms with Crippen LogP contribution in [-0.4, -0.2) is 18.5 Å². The quantitative estimate of drug-likeness (QED) is 0.565. The second-order valence-corrected chi connectivity index (χ2v) is 7.87. The Morgan fingerprint density at radius 1 is 1.14 bits per heavy atom. The molecule has 3 aromatic rings. The van der Waals surface area contributed by atoms with Crippen LogP contribution in [0, 0.1) is 5.82 Å². The smallest absolute Gasteiger partial charge is 0.341 e. The number of fused-ring (bicyclic) bond motifs is 1. The lowest BCUT2D eigenvalue weighted by Crippen LogP contribution is -2.15. The normalized spacial score (nSPS) is 13.0. The van der Waals surface area contributed by atoms with Crippen molar-refractivity contribution in [2.45, 2.75) is 32.6 Å². The zero-order valence-electron chi connectivity index (χ0n) is 15.9. The molecule has 0 spiro atoms. The van der Waals surface area contributed by atoms with Gasteiger partial charge in [0, 0.05) is 10.4 Å². The lowest BCUT2D eigenvalue weighted by Gasteiger charge is -2.12. The zero-order valence-corrected chi connectivity index (χ0v) is 16.7. The summed E-state index contributed by atoms with van der Waals surface area (Å²) < 4.78 is 24.0. The van der Waals surface area contributed by atoms with Crippen LogP contribution in [0.1, 0.15) is 51.1 Å². The predicted octanol–water partition coefficient (Wildman–Crippen LogP) is 5.46. The zero-order chi connectivity index (χ0) is 20.4. The van der Waals surface area contributed by atoms with Gasteiger partial charge in [-0.2, -0.15) is 0 Å². The maximum absolute atomic E-state index is 13.1. The number of rotatable bonds is 5. The number of hydrogen-bond acceptors (Lipinski definition) is 5. The number of hydrogen-bond donors (Lipinski definition) is 1. The van der Waals surface area contributed by atoms with Gasteiger partial charge in [-0.25, -0.2) is 9.18 Å². The van der Waals surface area contributed by atoms with Gasteiger partial charge in [0.2, 0.25) is 0 Å². The monoisotopic (exact) mass is 413 g/mol. The van der Waals surface area contributed by atoms with Gasteiger partial charge in [-0.3, -0.25) is 4.79 Å². The van der Waals surface area contributed by atoms with Gasteiger partial charge < -0.3 is 14.5 Å². The van der Waals surface area contributed by atoms with Crippen molar-refractivity contribution in [3.05, 3.63) is 64.0 Å². The Kier molecular flexibility index (Phi) is 5.49. The van der Waals surface area contributed by atoms with E-state index in [1.54, 1.807) is 31.2 Å². The molecule has 0 atom stereocenters. The molecule has 0 fully saturated rings. The molecule has 7 heteroatoms. The third kappa shape index (κ3) is 3.96. The molecule has 0 aliphatic heterocycles. The number of carbonyl (C=O) groups is 2. The van der Waals surface area contributed by atoms with Crippen molar-refractivity contribution in [1.29, 1.82) is 0 Å². The lowest BCUT2D eigenvalue weighted by molar-refractivity contribution is 0.0526. The van der Waals surface area contributed by atoms with Crippen LogP contribution in [0.2, 0.25) is 0 Å². The number of nitrogens with one attached hydrogen (secondary N) is 1. The summed E-state index contributed by atoms with van der Waals surface area (Å²) in [5.74, 6) is -0.612. The summed E-state index contributed by atoms with van der Waals surface area (Å²) >= 11 is 1.43. The van der Waals surface area contributed by atoms with Gasteiger partial charge in [0.1, 0.15) is 16.6 Å². The molecule has 1 aliphatic rings. The number of furan rings is 1. The molecule has 5 nitrogen and oxygen atoms in total. The van der Waals surface area contributed by atoms with Gasteiger partial charge in [-0.05, 0) is 74.6 Å². The van der Waals surface area contributed by atoms with Gasteiger partial charge in [0.25, 0.3) is 5.91 Å². The molecule has 0 bridgehead atoms. The van der Waals surface area contributed by atoms with E-state index in [-0.39, 0.29) is 18.2 Å². The minimum Gasteiger partial charge on any atom is -0.462 e. The number of ether oxygens (including phenoxy) is 1. The van der Waals surface area contributed by atoms with Gasteiger partial charge in [-0.15, -0.1) is 11.3 Å². The van der Waals surface area contributed by atoms with Gasteiger partial charge in [0.05, 0.1) is 12.2 Å². The van der Waals surface area contributed by atoms with Crippen LogP contribution in [0.5, 0.6) is 0 Å². The Morgan fingerprint density at radius 2 is 1.90 bits per heavy atom. The molecule has 1 N–H and O–H groups in total. The van der Waals surface area contributed by atoms with Crippen molar-refractivity contribution in [2.75, 3.05) is 11.9 Å². The Bertz CT molecular complexity index is 1050. The molecule has 1 aliphatic carbocycles. The minimum atomic E-state index is -0.442. The highest BCUT2D eigenvalue weighted by Crippen LogP contribution is 2.39. The van der Waals surface area contributed by atoms with Gasteiger partial charge in [-0.1, -0.05) is 0 Å². The molecular weight excluding hydrogens is 393 g/mol. The fourth-order valence-corrected chi connectivity index (χ4v) is 4.74. The second kappa shape index (κ2) is 8.21. The fourth-order valence-electron chi connectivity index (χ4n) is 3.47. The van der Waals surface area contributed by atoms with Crippen LogP contribution in [0.4, 0.5) is 9.39 Å². The molecule has 0 radical (unpaired) electrons. The van der Waals surface area contributed by atoms with Crippen LogP contribution in [0.25, 0.3) is 11.3 Å². The summed E-state index contributed by atoms with van der Waals surface area (Å²) in [5, 5.41) is 3.32. The van der Waals surface area contributed by atoms with Crippen molar-refractivity contribution in [3.63, 3.8) is 0 Å². The summed E-state index contributed by atoms with van der Waals surface area (Å²) in [4.78, 5) is 26.4. The molecule has 0 saturated heterocycles. The highest BCUT2D eigenvalue weighted by molar-refractivity contribution is 7.17. The van der Waals surface area contributed by atoms with E-state index >= 15 is 0 Å². The maximum Gasteiger partial charge on any atom is 0.341 e. The van der Waals surface area contributed by atoms with Crippen molar-refractivity contribution in [1.82, 2.24) is 0 Å². The van der Waals surface area contributed by atoms with E-state index in [1.807, 2.05) is 0 Å². The molecule has 1 aromatic carbocycles. The molecule has 2 aromatic heterocycles. The van der Waals surface area contributed by atoms with Crippen LogP contribution in [-0.2, 0) is 17.6 Å². The molecule has 0 saturated carbocycles. The second-order valence-electron chi connectivity index (χ2n) is 6.76. The minimum absolute atomic E-state index is 0.116. The highest BCUT2D eigenvalue weighted by Gasteiger charge is 2.28. The van der Waals surface area contributed by atoms with Gasteiger partial charge >= 0.3 is 5.97 Å². The predicted molar refractivity (Wildman–Crippen MR) is 109 cm³/mol. The number of anilines is 1. The van der Waals surface area contributed by atoms with E-state index in [1.165, 1.54) is 23.5 Å². The molecule has 2 heterocycles. The maximum atomic E-state index is 13.1. The molecular formula is C22H20FNO4S. The summed E-state index contributed by atoms with van der Waals surface area (Å²) in [5.41, 5.74) is 2.12. The van der Waals surface area contributed by atoms with Crippen molar-refractivity contribution in [3.8, 4) is 11.3 Å². The average molecular weight is 413 g/mol. The standard InChI is InChI=1S/C22H20FNO4S/c1-2-27-22(26)19-15-5-3-4-6-18(15)29-21(19)24-20(25)17-12-11-16(28-17)13-7-9-14(23)10-8-13/h7-12H,2-6H2,1H3,(H,24,25). The third-order valence-corrected chi connectivity index (χ3v) is 6.04. The molecule has 29 heavy (non-hydrogen) atoms. The summed E-state index contributed by atoms with van der Waals surface area (Å²) in [6.07, 6.45) is 3.80. The largest absolute Gasteiger partial charge is 0.462 e. The first kappa shape index (κ1) is 19.4. The van der Waals surface area contributed by atoms with E-state index in [0.717, 1.165) is 36.1 Å². The summed E-state index contributed by atoms with van der Waals surface area (Å²) in [7, 11) is 0. The number of amides is 1. The van der Waals surface area contributed by atoms with Gasteiger partial charge in [0.15, 0.2) is 5.76 Å². The van der Waals surface area contributed by atoms with Crippen molar-refractivity contribution in [2.24, 2.45) is 0 Å². The van der Waals surface area contributed by atoms with E-state index in [4.69, 9.17) is 9.15 Å². The Hall–Kier alpha value is -2.93. The van der Waals surface area contributed by atoms with E-state index in [0.29, 0.717) is 21.9 Å². The number of halogens is 1. The highest BCUT2D eigenvalue weighted by atomic mass is 32.1. The number of esters is 1. The first-order chi connectivity index (χ1) is 14.1. The Balaban J connectivity index is 1.59. The average Bonchev–Trinajstić information content (AvgIpc) is 3.33. The summed E-state index contributed by atoms with van der Waals surface area (Å²) in [6.45, 7) is 2.03. The molecule has 0 unspecified atom stereocenters. The van der Waals surface area contributed by atoms with Crippen molar-refractivity contribution < 1.29 is 23.1 Å². The van der Waals surface area contributed by atoms with E-state index in [2.05, 4.69) is 5.32 Å². The van der Waals surface area contributed by atoms with Crippen LogP contribution < -0.4 is 5.32 Å². The first-order valence-electron chi connectivity index (χ1n) is 9.55. The molecule has 4 rings (SSSR count). The number of carbonyl (C=O) groups excluding carboxylic acids is 2. The first-order valence-corrected chi connectivity index (χ1v) is 10.4. The van der Waals surface area contributed by atoms with Crippen LogP contribution in [0.15, 0.2) is 40.8 Å². The van der Waals surface area contributed by atoms with Crippen LogP contribution in [0.3, 0.4) is 0 Å². The van der Waals surface area contributed by atoms with E-state index < -0.39 is 11.9 Å². The SMILES string of the molecule is CCOC(=O)c1c(NC(=O)c2ccc(-c3ccc(F)cc3)o2)sc2c1CCCC2.